The van der Waals surface area contributed by atoms with Gasteiger partial charge in [0.05, 0.1) is 11.9 Å². The summed E-state index contributed by atoms with van der Waals surface area (Å²) < 4.78 is 0. The zero-order chi connectivity index (χ0) is 16.8. The molecule has 1 aromatic carbocycles. The Hall–Kier alpha value is -2.56. The summed E-state index contributed by atoms with van der Waals surface area (Å²) in [6.45, 7) is 0. The SMILES string of the molecule is CN(c1ccccc1)c1ccc(NC(=O)NC2CCCCC2)cn1. The first-order valence-corrected chi connectivity index (χ1v) is 8.55. The standard InChI is InChI=1S/C19H24N4O/c1-23(17-10-6-3-7-11-17)18-13-12-16(14-20-18)22-19(24)21-15-8-4-2-5-9-15/h3,6-7,10-15H,2,4-5,8-9H2,1H3,(H2,21,22,24). The predicted molar refractivity (Wildman–Crippen MR) is 97.8 cm³/mol. The number of carbonyl (C=O) groups excluding carboxylic acids is 1. The molecule has 0 unspecified atom stereocenters. The maximum absolute atomic E-state index is 12.1. The van der Waals surface area contributed by atoms with Crippen molar-refractivity contribution in [1.29, 1.82) is 0 Å². The quantitative estimate of drug-likeness (QED) is 0.881. The lowest BCUT2D eigenvalue weighted by atomic mass is 9.96. The van der Waals surface area contributed by atoms with Crippen LogP contribution >= 0.6 is 0 Å². The third kappa shape index (κ3) is 4.25. The summed E-state index contributed by atoms with van der Waals surface area (Å²) in [5, 5.41) is 5.91. The average molecular weight is 324 g/mol. The summed E-state index contributed by atoms with van der Waals surface area (Å²) in [6, 6.07) is 14.0. The molecular formula is C19H24N4O. The van der Waals surface area contributed by atoms with Crippen LogP contribution in [0, 0.1) is 0 Å². The number of nitrogens with zero attached hydrogens (tertiary/aromatic N) is 2. The van der Waals surface area contributed by atoms with Crippen molar-refractivity contribution in [3.8, 4) is 0 Å². The third-order valence-electron chi connectivity index (χ3n) is 4.43. The molecule has 126 valence electrons. The van der Waals surface area contributed by atoms with E-state index in [1.807, 2.05) is 54.4 Å². The molecule has 0 bridgehead atoms. The lowest BCUT2D eigenvalue weighted by Gasteiger charge is -2.23. The molecule has 2 amide bonds. The minimum absolute atomic E-state index is 0.145. The number of aromatic nitrogens is 1. The Bertz CT molecular complexity index is 651. The Morgan fingerprint density at radius 2 is 1.83 bits per heavy atom. The highest BCUT2D eigenvalue weighted by atomic mass is 16.2. The summed E-state index contributed by atoms with van der Waals surface area (Å²) in [7, 11) is 1.97. The van der Waals surface area contributed by atoms with Crippen molar-refractivity contribution in [3.05, 3.63) is 48.7 Å². The van der Waals surface area contributed by atoms with Crippen molar-refractivity contribution in [1.82, 2.24) is 10.3 Å². The van der Waals surface area contributed by atoms with Gasteiger partial charge >= 0.3 is 6.03 Å². The van der Waals surface area contributed by atoms with Gasteiger partial charge in [0.1, 0.15) is 5.82 Å². The molecule has 1 aromatic heterocycles. The van der Waals surface area contributed by atoms with Crippen molar-refractivity contribution in [2.24, 2.45) is 0 Å². The zero-order valence-corrected chi connectivity index (χ0v) is 14.0. The first-order chi connectivity index (χ1) is 11.7. The van der Waals surface area contributed by atoms with Crippen LogP contribution in [-0.4, -0.2) is 24.1 Å². The fourth-order valence-corrected chi connectivity index (χ4v) is 3.04. The molecule has 5 nitrogen and oxygen atoms in total. The molecule has 0 atom stereocenters. The number of amides is 2. The minimum atomic E-state index is -0.145. The summed E-state index contributed by atoms with van der Waals surface area (Å²) in [5.41, 5.74) is 1.77. The normalized spacial score (nSPS) is 14.9. The molecule has 0 saturated heterocycles. The number of anilines is 3. The number of nitrogens with one attached hydrogen (secondary N) is 2. The van der Waals surface area contributed by atoms with E-state index in [0.29, 0.717) is 11.7 Å². The molecule has 24 heavy (non-hydrogen) atoms. The van der Waals surface area contributed by atoms with Crippen LogP contribution in [0.2, 0.25) is 0 Å². The lowest BCUT2D eigenvalue weighted by molar-refractivity contribution is 0.244. The van der Waals surface area contributed by atoms with Crippen LogP contribution in [0.5, 0.6) is 0 Å². The van der Waals surface area contributed by atoms with Gasteiger partial charge in [0, 0.05) is 18.8 Å². The molecule has 1 aliphatic rings. The molecular weight excluding hydrogens is 300 g/mol. The molecule has 0 aliphatic heterocycles. The number of hydrogen-bond acceptors (Lipinski definition) is 3. The Kier molecular flexibility index (Phi) is 5.31. The molecule has 2 N–H and O–H groups in total. The van der Waals surface area contributed by atoms with Crippen molar-refractivity contribution < 1.29 is 4.79 Å². The number of rotatable bonds is 4. The molecule has 1 heterocycles. The summed E-state index contributed by atoms with van der Waals surface area (Å²) in [6.07, 6.45) is 7.52. The monoisotopic (exact) mass is 324 g/mol. The molecule has 1 aliphatic carbocycles. The zero-order valence-electron chi connectivity index (χ0n) is 14.0. The van der Waals surface area contributed by atoms with Gasteiger partial charge in [-0.05, 0) is 37.1 Å². The number of pyridine rings is 1. The number of para-hydroxylation sites is 1. The topological polar surface area (TPSA) is 57.3 Å². The molecule has 2 aromatic rings. The molecule has 1 fully saturated rings. The van der Waals surface area contributed by atoms with Crippen molar-refractivity contribution in [2.45, 2.75) is 38.1 Å². The highest BCUT2D eigenvalue weighted by Gasteiger charge is 2.15. The van der Waals surface area contributed by atoms with E-state index >= 15 is 0 Å². The fourth-order valence-electron chi connectivity index (χ4n) is 3.04. The first-order valence-electron chi connectivity index (χ1n) is 8.55. The van der Waals surface area contributed by atoms with Gasteiger partial charge in [-0.3, -0.25) is 0 Å². The Balaban J connectivity index is 1.57. The van der Waals surface area contributed by atoms with Crippen LogP contribution in [0.3, 0.4) is 0 Å². The number of benzene rings is 1. The Morgan fingerprint density at radius 1 is 1.08 bits per heavy atom. The van der Waals surface area contributed by atoms with E-state index in [2.05, 4.69) is 15.6 Å². The van der Waals surface area contributed by atoms with Gasteiger partial charge in [0.15, 0.2) is 0 Å². The molecule has 0 spiro atoms. The minimum Gasteiger partial charge on any atom is -0.335 e. The summed E-state index contributed by atoms with van der Waals surface area (Å²) in [5.74, 6) is 0.833. The van der Waals surface area contributed by atoms with E-state index in [1.54, 1.807) is 6.20 Å². The van der Waals surface area contributed by atoms with E-state index in [-0.39, 0.29) is 6.03 Å². The van der Waals surface area contributed by atoms with Crippen LogP contribution in [0.4, 0.5) is 22.0 Å². The maximum Gasteiger partial charge on any atom is 0.319 e. The predicted octanol–water partition coefficient (Wildman–Crippen LogP) is 4.30. The van der Waals surface area contributed by atoms with Crippen LogP contribution < -0.4 is 15.5 Å². The Labute approximate surface area is 143 Å². The highest BCUT2D eigenvalue weighted by molar-refractivity contribution is 5.89. The smallest absolute Gasteiger partial charge is 0.319 e. The van der Waals surface area contributed by atoms with Gasteiger partial charge in [-0.1, -0.05) is 37.5 Å². The average Bonchev–Trinajstić information content (AvgIpc) is 2.63. The second-order valence-electron chi connectivity index (χ2n) is 6.23. The molecule has 1 saturated carbocycles. The van der Waals surface area contributed by atoms with E-state index in [1.165, 1.54) is 19.3 Å². The van der Waals surface area contributed by atoms with Gasteiger partial charge in [-0.2, -0.15) is 0 Å². The fraction of sp³-hybridized carbons (Fsp3) is 0.368. The molecule has 0 radical (unpaired) electrons. The van der Waals surface area contributed by atoms with E-state index < -0.39 is 0 Å². The Morgan fingerprint density at radius 3 is 2.50 bits per heavy atom. The van der Waals surface area contributed by atoms with Gasteiger partial charge in [-0.15, -0.1) is 0 Å². The number of carbonyl (C=O) groups is 1. The van der Waals surface area contributed by atoms with Crippen molar-refractivity contribution in [2.75, 3.05) is 17.3 Å². The van der Waals surface area contributed by atoms with Crippen molar-refractivity contribution in [3.63, 3.8) is 0 Å². The second-order valence-corrected chi connectivity index (χ2v) is 6.23. The maximum atomic E-state index is 12.1. The van der Waals surface area contributed by atoms with E-state index in [9.17, 15) is 4.79 Å². The number of urea groups is 1. The van der Waals surface area contributed by atoms with Gasteiger partial charge < -0.3 is 15.5 Å². The van der Waals surface area contributed by atoms with E-state index in [4.69, 9.17) is 0 Å². The third-order valence-corrected chi connectivity index (χ3v) is 4.43. The first kappa shape index (κ1) is 16.3. The van der Waals surface area contributed by atoms with Crippen LogP contribution in [0.25, 0.3) is 0 Å². The van der Waals surface area contributed by atoms with Crippen LogP contribution in [0.1, 0.15) is 32.1 Å². The van der Waals surface area contributed by atoms with E-state index in [0.717, 1.165) is 24.3 Å². The van der Waals surface area contributed by atoms with Crippen LogP contribution in [-0.2, 0) is 0 Å². The van der Waals surface area contributed by atoms with Crippen molar-refractivity contribution >= 4 is 23.2 Å². The number of hydrogen-bond donors (Lipinski definition) is 2. The van der Waals surface area contributed by atoms with Gasteiger partial charge in [0.2, 0.25) is 0 Å². The van der Waals surface area contributed by atoms with Gasteiger partial charge in [0.25, 0.3) is 0 Å². The summed E-state index contributed by atoms with van der Waals surface area (Å²) in [4.78, 5) is 18.5. The second kappa shape index (κ2) is 7.81. The summed E-state index contributed by atoms with van der Waals surface area (Å²) >= 11 is 0. The molecule has 3 rings (SSSR count). The van der Waals surface area contributed by atoms with Crippen LogP contribution in [0.15, 0.2) is 48.7 Å². The highest BCUT2D eigenvalue weighted by Crippen LogP contribution is 2.22. The lowest BCUT2D eigenvalue weighted by Crippen LogP contribution is -2.39. The largest absolute Gasteiger partial charge is 0.335 e. The van der Waals surface area contributed by atoms with Gasteiger partial charge in [-0.25, -0.2) is 9.78 Å². The molecule has 5 heteroatoms.